The predicted octanol–water partition coefficient (Wildman–Crippen LogP) is 1.38. The molecule has 0 spiro atoms. The van der Waals surface area contributed by atoms with Gasteiger partial charge in [0.2, 0.25) is 0 Å². The molecule has 0 saturated carbocycles. The van der Waals surface area contributed by atoms with Gasteiger partial charge in [0.15, 0.2) is 0 Å². The highest BCUT2D eigenvalue weighted by molar-refractivity contribution is 5.21. The second kappa shape index (κ2) is 5.27. The predicted molar refractivity (Wildman–Crippen MR) is 57.9 cm³/mol. The van der Waals surface area contributed by atoms with Gasteiger partial charge in [-0.3, -0.25) is 0 Å². The summed E-state index contributed by atoms with van der Waals surface area (Å²) in [5.74, 6) is 0.147. The Morgan fingerprint density at radius 2 is 2.50 bits per heavy atom. The van der Waals surface area contributed by atoms with Crippen LogP contribution in [0.1, 0.15) is 6.92 Å². The van der Waals surface area contributed by atoms with Crippen molar-refractivity contribution in [2.24, 2.45) is 0 Å². The maximum Gasteiger partial charge on any atom is 0.127 e. The lowest BCUT2D eigenvalue weighted by Gasteiger charge is -2.29. The molecule has 16 heavy (non-hydrogen) atoms. The number of ether oxygens (including phenoxy) is 2. The summed E-state index contributed by atoms with van der Waals surface area (Å²) in [6, 6.07) is 6.93. The fraction of sp³-hybridized carbons (Fsp3) is 0.500. The molecule has 4 heteroatoms. The molecule has 1 aromatic rings. The zero-order valence-electron chi connectivity index (χ0n) is 9.20. The third-order valence-corrected chi connectivity index (χ3v) is 2.53. The second-order valence-electron chi connectivity index (χ2n) is 3.82. The van der Waals surface area contributed by atoms with Crippen LogP contribution in [-0.2, 0) is 4.74 Å². The number of benzene rings is 1. The standard InChI is InChI=1S/C12H15FNO2/c1-9(12-8-14-5-6-15-12)16-11-4-2-3-10(13)7-11/h3-4,7,9,12,14H,5-6,8H2,1H3. The zero-order chi connectivity index (χ0) is 11.4. The number of hydrogen-bond acceptors (Lipinski definition) is 3. The minimum absolute atomic E-state index is 0.0111. The highest BCUT2D eigenvalue weighted by Gasteiger charge is 2.22. The van der Waals surface area contributed by atoms with Crippen molar-refractivity contribution in [3.63, 3.8) is 0 Å². The molecule has 87 valence electrons. The summed E-state index contributed by atoms with van der Waals surface area (Å²) in [4.78, 5) is 0. The Labute approximate surface area is 94.6 Å². The molecule has 0 aromatic heterocycles. The fourth-order valence-corrected chi connectivity index (χ4v) is 1.67. The lowest BCUT2D eigenvalue weighted by atomic mass is 10.2. The monoisotopic (exact) mass is 224 g/mol. The first kappa shape index (κ1) is 11.4. The van der Waals surface area contributed by atoms with Gasteiger partial charge in [0.25, 0.3) is 0 Å². The second-order valence-corrected chi connectivity index (χ2v) is 3.82. The average Bonchev–Trinajstić information content (AvgIpc) is 2.30. The fourth-order valence-electron chi connectivity index (χ4n) is 1.67. The smallest absolute Gasteiger partial charge is 0.127 e. The molecular formula is C12H15FNO2. The maximum atomic E-state index is 12.9. The largest absolute Gasteiger partial charge is 0.488 e. The van der Waals surface area contributed by atoms with Gasteiger partial charge in [-0.05, 0) is 25.1 Å². The number of nitrogens with one attached hydrogen (secondary N) is 1. The average molecular weight is 224 g/mol. The summed E-state index contributed by atoms with van der Waals surface area (Å²) in [5, 5.41) is 3.23. The molecule has 2 atom stereocenters. The summed E-state index contributed by atoms with van der Waals surface area (Å²) in [6.45, 7) is 4.24. The Hall–Kier alpha value is -1.13. The first-order valence-corrected chi connectivity index (χ1v) is 5.41. The van der Waals surface area contributed by atoms with Crippen molar-refractivity contribution in [2.75, 3.05) is 19.7 Å². The minimum Gasteiger partial charge on any atom is -0.488 e. The van der Waals surface area contributed by atoms with E-state index < -0.39 is 0 Å². The number of rotatable bonds is 3. The van der Waals surface area contributed by atoms with Crippen molar-refractivity contribution in [3.05, 3.63) is 30.1 Å². The van der Waals surface area contributed by atoms with E-state index in [2.05, 4.69) is 11.4 Å². The van der Waals surface area contributed by atoms with Gasteiger partial charge in [-0.25, -0.2) is 4.39 Å². The molecule has 1 fully saturated rings. The van der Waals surface area contributed by atoms with E-state index in [1.165, 1.54) is 12.1 Å². The van der Waals surface area contributed by atoms with E-state index in [0.29, 0.717) is 12.4 Å². The van der Waals surface area contributed by atoms with Crippen LogP contribution in [0.2, 0.25) is 0 Å². The van der Waals surface area contributed by atoms with Crippen LogP contribution < -0.4 is 10.1 Å². The Morgan fingerprint density at radius 1 is 1.62 bits per heavy atom. The Morgan fingerprint density at radius 3 is 3.19 bits per heavy atom. The van der Waals surface area contributed by atoms with Crippen LogP contribution in [0.15, 0.2) is 18.2 Å². The summed E-state index contributed by atoms with van der Waals surface area (Å²) in [5.41, 5.74) is 0. The van der Waals surface area contributed by atoms with Crippen molar-refractivity contribution in [1.29, 1.82) is 0 Å². The van der Waals surface area contributed by atoms with Gasteiger partial charge in [-0.1, -0.05) is 0 Å². The Balaban J connectivity index is 1.93. The van der Waals surface area contributed by atoms with Crippen molar-refractivity contribution < 1.29 is 13.9 Å². The summed E-state index contributed by atoms with van der Waals surface area (Å²) in [6.07, 6.45) is -0.0972. The van der Waals surface area contributed by atoms with Crippen LogP contribution in [0.4, 0.5) is 4.39 Å². The molecular weight excluding hydrogens is 209 g/mol. The topological polar surface area (TPSA) is 30.5 Å². The van der Waals surface area contributed by atoms with E-state index in [-0.39, 0.29) is 18.0 Å². The molecule has 2 unspecified atom stereocenters. The van der Waals surface area contributed by atoms with Crippen LogP contribution in [-0.4, -0.2) is 31.9 Å². The van der Waals surface area contributed by atoms with Gasteiger partial charge in [0, 0.05) is 19.2 Å². The normalized spacial score (nSPS) is 22.8. The van der Waals surface area contributed by atoms with E-state index in [9.17, 15) is 4.39 Å². The molecule has 1 aromatic carbocycles. The van der Waals surface area contributed by atoms with Crippen LogP contribution in [0.25, 0.3) is 0 Å². The molecule has 0 aliphatic carbocycles. The van der Waals surface area contributed by atoms with Crippen molar-refractivity contribution >= 4 is 0 Å². The van der Waals surface area contributed by atoms with Gasteiger partial charge in [0.05, 0.1) is 6.61 Å². The van der Waals surface area contributed by atoms with Crippen molar-refractivity contribution in [1.82, 2.24) is 5.32 Å². The molecule has 1 aliphatic rings. The number of hydrogen-bond donors (Lipinski definition) is 1. The molecule has 1 heterocycles. The van der Waals surface area contributed by atoms with E-state index in [4.69, 9.17) is 9.47 Å². The Bertz CT molecular complexity index is 340. The molecule has 1 N–H and O–H groups in total. The first-order chi connectivity index (χ1) is 7.75. The lowest BCUT2D eigenvalue weighted by molar-refractivity contribution is -0.0351. The van der Waals surface area contributed by atoms with Crippen LogP contribution >= 0.6 is 0 Å². The third kappa shape index (κ3) is 2.93. The summed E-state index contributed by atoms with van der Waals surface area (Å²) >= 11 is 0. The highest BCUT2D eigenvalue weighted by Crippen LogP contribution is 2.16. The molecule has 0 bridgehead atoms. The molecule has 1 aliphatic heterocycles. The Kier molecular flexibility index (Phi) is 3.74. The van der Waals surface area contributed by atoms with Gasteiger partial charge in [0.1, 0.15) is 23.8 Å². The zero-order valence-corrected chi connectivity index (χ0v) is 9.20. The number of morpholine rings is 1. The van der Waals surface area contributed by atoms with Gasteiger partial charge in [-0.2, -0.15) is 0 Å². The van der Waals surface area contributed by atoms with E-state index in [1.807, 2.05) is 6.92 Å². The number of halogens is 1. The van der Waals surface area contributed by atoms with Crippen molar-refractivity contribution in [2.45, 2.75) is 19.1 Å². The minimum atomic E-state index is -0.340. The summed E-state index contributed by atoms with van der Waals surface area (Å²) in [7, 11) is 0. The van der Waals surface area contributed by atoms with E-state index >= 15 is 0 Å². The van der Waals surface area contributed by atoms with Gasteiger partial charge < -0.3 is 14.8 Å². The molecule has 3 nitrogen and oxygen atoms in total. The van der Waals surface area contributed by atoms with Crippen LogP contribution in [0.5, 0.6) is 5.75 Å². The van der Waals surface area contributed by atoms with Gasteiger partial charge in [-0.15, -0.1) is 0 Å². The lowest BCUT2D eigenvalue weighted by Crippen LogP contribution is -2.46. The van der Waals surface area contributed by atoms with E-state index in [1.54, 1.807) is 6.07 Å². The maximum absolute atomic E-state index is 12.9. The molecule has 2 rings (SSSR count). The molecule has 1 saturated heterocycles. The SMILES string of the molecule is CC(Oc1c[c]cc(F)c1)C1CNCCO1. The van der Waals surface area contributed by atoms with Crippen LogP contribution in [0.3, 0.4) is 0 Å². The van der Waals surface area contributed by atoms with Gasteiger partial charge >= 0.3 is 0 Å². The molecule has 1 radical (unpaired) electrons. The van der Waals surface area contributed by atoms with Crippen LogP contribution in [0, 0.1) is 11.9 Å². The highest BCUT2D eigenvalue weighted by atomic mass is 19.1. The van der Waals surface area contributed by atoms with Crippen molar-refractivity contribution in [3.8, 4) is 5.75 Å². The quantitative estimate of drug-likeness (QED) is 0.841. The molecule has 0 amide bonds. The summed E-state index contributed by atoms with van der Waals surface area (Å²) < 4.78 is 24.1. The third-order valence-electron chi connectivity index (χ3n) is 2.53. The first-order valence-electron chi connectivity index (χ1n) is 5.41. The van der Waals surface area contributed by atoms with E-state index in [0.717, 1.165) is 13.1 Å².